The molecule has 0 aliphatic carbocycles. The molecule has 0 spiro atoms. The van der Waals surface area contributed by atoms with Crippen molar-refractivity contribution in [3.63, 3.8) is 0 Å². The maximum absolute atomic E-state index is 14.3. The van der Waals surface area contributed by atoms with Crippen LogP contribution in [0.4, 0.5) is 13.2 Å². The minimum absolute atomic E-state index is 0.0202. The molecule has 1 fully saturated rings. The van der Waals surface area contributed by atoms with E-state index in [2.05, 4.69) is 4.98 Å². The second-order valence-corrected chi connectivity index (χ2v) is 15.7. The summed E-state index contributed by atoms with van der Waals surface area (Å²) in [6.45, 7) is 1.40. The fraction of sp³-hybridized carbons (Fsp3) is 0.462. The number of sulfone groups is 2. The standard InChI is InChI=1S/C26H28Cl2F3N3O6S2/c1-3-42(39,40)21-5-4-17(27)10-16(21)13-34-24(35)18-11-20(26(29,30)31)19(22(28)23(18)32-25(34)36)14-33-8-6-15(12-33)7-9-41(2,37)38/h4-5,10-11,15H,3,6-9,12-14H2,1-2H3,(H,32,36)/t15-/m1/s1. The maximum Gasteiger partial charge on any atom is 0.416 e. The lowest BCUT2D eigenvalue weighted by molar-refractivity contribution is -0.138. The van der Waals surface area contributed by atoms with Gasteiger partial charge in [-0.1, -0.05) is 30.1 Å². The van der Waals surface area contributed by atoms with Gasteiger partial charge in [-0.3, -0.25) is 14.3 Å². The van der Waals surface area contributed by atoms with Gasteiger partial charge in [0.15, 0.2) is 9.84 Å². The maximum atomic E-state index is 14.3. The lowest BCUT2D eigenvalue weighted by Gasteiger charge is -2.22. The Labute approximate surface area is 250 Å². The van der Waals surface area contributed by atoms with Crippen molar-refractivity contribution in [2.24, 2.45) is 5.92 Å². The second kappa shape index (κ2) is 11.9. The molecule has 2 heterocycles. The van der Waals surface area contributed by atoms with Crippen LogP contribution in [0.3, 0.4) is 0 Å². The Morgan fingerprint density at radius 1 is 1.07 bits per heavy atom. The number of aromatic nitrogens is 2. The lowest BCUT2D eigenvalue weighted by atomic mass is 10.0. The molecule has 1 N–H and O–H groups in total. The van der Waals surface area contributed by atoms with Crippen LogP contribution in [0.5, 0.6) is 0 Å². The zero-order valence-electron chi connectivity index (χ0n) is 22.6. The number of nitrogens with one attached hydrogen (secondary N) is 1. The Morgan fingerprint density at radius 2 is 1.76 bits per heavy atom. The largest absolute Gasteiger partial charge is 0.416 e. The summed E-state index contributed by atoms with van der Waals surface area (Å²) >= 11 is 12.5. The molecule has 0 saturated carbocycles. The average Bonchev–Trinajstić information content (AvgIpc) is 3.33. The summed E-state index contributed by atoms with van der Waals surface area (Å²) in [7, 11) is -6.97. The molecule has 0 amide bonds. The van der Waals surface area contributed by atoms with Gasteiger partial charge in [0, 0.05) is 24.4 Å². The van der Waals surface area contributed by atoms with Crippen LogP contribution in [0.1, 0.15) is 36.5 Å². The quantitative estimate of drug-likeness (QED) is 0.363. The predicted octanol–water partition coefficient (Wildman–Crippen LogP) is 4.11. The Kier molecular flexibility index (Phi) is 9.25. The Hall–Kier alpha value is -2.39. The van der Waals surface area contributed by atoms with E-state index in [9.17, 15) is 39.6 Å². The molecule has 42 heavy (non-hydrogen) atoms. The second-order valence-electron chi connectivity index (χ2n) is 10.4. The summed E-state index contributed by atoms with van der Waals surface area (Å²) in [6, 6.07) is 4.50. The molecule has 230 valence electrons. The van der Waals surface area contributed by atoms with Crippen LogP contribution in [-0.2, 0) is 38.9 Å². The molecule has 0 unspecified atom stereocenters. The zero-order chi connectivity index (χ0) is 31.2. The highest BCUT2D eigenvalue weighted by molar-refractivity contribution is 7.91. The van der Waals surface area contributed by atoms with E-state index in [1.165, 1.54) is 25.1 Å². The lowest BCUT2D eigenvalue weighted by Crippen LogP contribution is -2.36. The number of fused-ring (bicyclic) bond motifs is 1. The molecule has 9 nitrogen and oxygen atoms in total. The Bertz CT molecular complexity index is 1870. The van der Waals surface area contributed by atoms with Crippen LogP contribution in [0.25, 0.3) is 10.9 Å². The third-order valence-electron chi connectivity index (χ3n) is 7.34. The number of likely N-dealkylation sites (tertiary alicyclic amines) is 1. The van der Waals surface area contributed by atoms with Gasteiger partial charge in [0.25, 0.3) is 5.56 Å². The van der Waals surface area contributed by atoms with Crippen molar-refractivity contribution in [1.82, 2.24) is 14.5 Å². The number of alkyl halides is 3. The van der Waals surface area contributed by atoms with E-state index in [0.29, 0.717) is 36.6 Å². The average molecular weight is 671 g/mol. The van der Waals surface area contributed by atoms with Gasteiger partial charge in [0.05, 0.1) is 44.4 Å². The van der Waals surface area contributed by atoms with E-state index in [-0.39, 0.29) is 50.5 Å². The van der Waals surface area contributed by atoms with Crippen molar-refractivity contribution in [1.29, 1.82) is 0 Å². The molecule has 3 aromatic rings. The smallest absolute Gasteiger partial charge is 0.305 e. The van der Waals surface area contributed by atoms with Crippen molar-refractivity contribution in [2.45, 2.75) is 43.9 Å². The van der Waals surface area contributed by atoms with E-state index in [4.69, 9.17) is 23.2 Å². The Morgan fingerprint density at radius 3 is 2.38 bits per heavy atom. The van der Waals surface area contributed by atoms with Gasteiger partial charge in [-0.05, 0) is 60.7 Å². The fourth-order valence-corrected chi connectivity index (χ4v) is 7.52. The SMILES string of the molecule is CCS(=O)(=O)c1ccc(Cl)cc1Cn1c(=O)[nH]c2c(Cl)c(CN3CC[C@H](CCS(C)(=O)=O)C3)c(C(F)(F)F)cc2c1=O. The minimum atomic E-state index is -4.90. The van der Waals surface area contributed by atoms with Crippen LogP contribution in [0, 0.1) is 5.92 Å². The van der Waals surface area contributed by atoms with Gasteiger partial charge in [0.1, 0.15) is 9.84 Å². The van der Waals surface area contributed by atoms with Crippen molar-refractivity contribution >= 4 is 53.8 Å². The first-order valence-electron chi connectivity index (χ1n) is 12.9. The highest BCUT2D eigenvalue weighted by Crippen LogP contribution is 2.39. The van der Waals surface area contributed by atoms with Gasteiger partial charge in [-0.15, -0.1) is 0 Å². The molecule has 1 atom stereocenters. The van der Waals surface area contributed by atoms with E-state index in [1.807, 2.05) is 0 Å². The van der Waals surface area contributed by atoms with Crippen LogP contribution in [0.2, 0.25) is 10.0 Å². The topological polar surface area (TPSA) is 126 Å². The van der Waals surface area contributed by atoms with E-state index in [1.54, 1.807) is 4.90 Å². The van der Waals surface area contributed by atoms with Crippen LogP contribution < -0.4 is 11.2 Å². The minimum Gasteiger partial charge on any atom is -0.305 e. The van der Waals surface area contributed by atoms with Crippen molar-refractivity contribution in [3.05, 3.63) is 71.8 Å². The van der Waals surface area contributed by atoms with Gasteiger partial charge in [0.2, 0.25) is 0 Å². The number of hydrogen-bond acceptors (Lipinski definition) is 7. The number of halogens is 5. The van der Waals surface area contributed by atoms with Crippen molar-refractivity contribution in [2.75, 3.05) is 30.9 Å². The number of benzene rings is 2. The van der Waals surface area contributed by atoms with Gasteiger partial charge >= 0.3 is 11.9 Å². The van der Waals surface area contributed by atoms with E-state index in [0.717, 1.165) is 6.26 Å². The summed E-state index contributed by atoms with van der Waals surface area (Å²) in [5.41, 5.74) is -3.80. The first kappa shape index (κ1) is 32.5. The number of rotatable bonds is 9. The third kappa shape index (κ3) is 7.04. The van der Waals surface area contributed by atoms with E-state index >= 15 is 0 Å². The third-order valence-corrected chi connectivity index (χ3v) is 10.8. The molecule has 1 aromatic heterocycles. The first-order valence-corrected chi connectivity index (χ1v) is 17.3. The van der Waals surface area contributed by atoms with Gasteiger partial charge < -0.3 is 4.98 Å². The summed E-state index contributed by atoms with van der Waals surface area (Å²) in [5.74, 6) is -0.314. The highest BCUT2D eigenvalue weighted by Gasteiger charge is 2.37. The molecule has 1 saturated heterocycles. The van der Waals surface area contributed by atoms with Crippen molar-refractivity contribution < 1.29 is 30.0 Å². The molecule has 2 aromatic carbocycles. The monoisotopic (exact) mass is 669 g/mol. The number of aromatic amines is 1. The summed E-state index contributed by atoms with van der Waals surface area (Å²) in [5, 5.41) is -0.791. The van der Waals surface area contributed by atoms with Crippen LogP contribution >= 0.6 is 23.2 Å². The molecule has 0 radical (unpaired) electrons. The molecular weight excluding hydrogens is 642 g/mol. The molecule has 16 heteroatoms. The molecule has 1 aliphatic heterocycles. The fourth-order valence-electron chi connectivity index (χ4n) is 5.14. The van der Waals surface area contributed by atoms with Crippen LogP contribution in [-0.4, -0.2) is 62.1 Å². The molecule has 0 bridgehead atoms. The number of nitrogens with zero attached hydrogens (tertiary/aromatic N) is 2. The molecule has 1 aliphatic rings. The normalized spacial score (nSPS) is 16.9. The Balaban J connectivity index is 1.78. The number of hydrogen-bond donors (Lipinski definition) is 1. The van der Waals surface area contributed by atoms with Gasteiger partial charge in [-0.2, -0.15) is 13.2 Å². The van der Waals surface area contributed by atoms with Crippen LogP contribution in [0.15, 0.2) is 38.8 Å². The molecular formula is C26H28Cl2F3N3O6S2. The summed E-state index contributed by atoms with van der Waals surface area (Å²) < 4.78 is 91.7. The van der Waals surface area contributed by atoms with Crippen molar-refractivity contribution in [3.8, 4) is 0 Å². The van der Waals surface area contributed by atoms with Gasteiger partial charge in [-0.25, -0.2) is 21.6 Å². The van der Waals surface area contributed by atoms with E-state index < -0.39 is 59.6 Å². The predicted molar refractivity (Wildman–Crippen MR) is 155 cm³/mol. The highest BCUT2D eigenvalue weighted by atomic mass is 35.5. The summed E-state index contributed by atoms with van der Waals surface area (Å²) in [4.78, 5) is 30.4. The summed E-state index contributed by atoms with van der Waals surface area (Å²) in [6.07, 6.45) is -2.79. The zero-order valence-corrected chi connectivity index (χ0v) is 25.7. The molecule has 4 rings (SSSR count). The first-order chi connectivity index (χ1) is 19.4. The number of H-pyrrole nitrogens is 1.